The van der Waals surface area contributed by atoms with Gasteiger partial charge in [-0.05, 0) is 18.2 Å². The van der Waals surface area contributed by atoms with Gasteiger partial charge in [-0.1, -0.05) is 29.8 Å². The molecular formula is C23H19ClF2N8O2. The van der Waals surface area contributed by atoms with Crippen LogP contribution in [0.3, 0.4) is 0 Å². The van der Waals surface area contributed by atoms with Gasteiger partial charge in [0.25, 0.3) is 0 Å². The normalized spacial score (nSPS) is 11.2. The van der Waals surface area contributed by atoms with E-state index in [9.17, 15) is 8.78 Å². The van der Waals surface area contributed by atoms with Crippen molar-refractivity contribution >= 4 is 28.5 Å². The highest BCUT2D eigenvalue weighted by Gasteiger charge is 2.20. The lowest BCUT2D eigenvalue weighted by atomic mass is 10.1. The quantitative estimate of drug-likeness (QED) is 0.294. The molecule has 2 N–H and O–H groups in total. The molecule has 0 atom stereocenters. The molecule has 0 aliphatic heterocycles. The summed E-state index contributed by atoms with van der Waals surface area (Å²) < 4.78 is 39.6. The highest BCUT2D eigenvalue weighted by atomic mass is 35.5. The number of rotatable bonds is 9. The Hall–Kier alpha value is -4.16. The van der Waals surface area contributed by atoms with Crippen LogP contribution in [0.15, 0.2) is 48.8 Å². The van der Waals surface area contributed by atoms with Crippen LogP contribution in [-0.2, 0) is 17.9 Å². The van der Waals surface area contributed by atoms with E-state index in [1.54, 1.807) is 24.2 Å². The highest BCUT2D eigenvalue weighted by Crippen LogP contribution is 2.35. The van der Waals surface area contributed by atoms with Crippen LogP contribution in [0.4, 0.5) is 14.6 Å². The van der Waals surface area contributed by atoms with Gasteiger partial charge in [0.2, 0.25) is 0 Å². The smallest absolute Gasteiger partial charge is 0.326 e. The minimum absolute atomic E-state index is 0.171. The summed E-state index contributed by atoms with van der Waals surface area (Å²) in [4.78, 5) is 13.0. The lowest BCUT2D eigenvalue weighted by Crippen LogP contribution is -2.10. The van der Waals surface area contributed by atoms with Crippen molar-refractivity contribution in [2.24, 2.45) is 0 Å². The van der Waals surface area contributed by atoms with Crippen LogP contribution in [0.25, 0.3) is 22.3 Å². The Kier molecular flexibility index (Phi) is 6.69. The van der Waals surface area contributed by atoms with Crippen LogP contribution in [0, 0.1) is 11.6 Å². The number of aromatic nitrogens is 7. The summed E-state index contributed by atoms with van der Waals surface area (Å²) in [7, 11) is 1.57. The standard InChI is InChI=1S/C23H19ClF2N8O2/c1-35-12-34-11-28-18(33-34)8-9-27-21-19-20(14-4-2-3-5-15(14)24)31-32-22(19)30-23(29-21)36-17-7-6-13(25)10-16(17)26/h2-7,10-11H,8-9,12H2,1H3,(H2,27,29,30,31,32). The van der Waals surface area contributed by atoms with Crippen LogP contribution in [0.5, 0.6) is 11.8 Å². The average Bonchev–Trinajstić information content (AvgIpc) is 3.49. The lowest BCUT2D eigenvalue weighted by Gasteiger charge is -2.10. The predicted octanol–water partition coefficient (Wildman–Crippen LogP) is 4.59. The molecule has 5 aromatic rings. The third kappa shape index (κ3) is 4.95. The van der Waals surface area contributed by atoms with E-state index in [4.69, 9.17) is 21.1 Å². The molecule has 2 aromatic carbocycles. The Morgan fingerprint density at radius 1 is 1.14 bits per heavy atom. The van der Waals surface area contributed by atoms with Crippen molar-refractivity contribution in [1.29, 1.82) is 0 Å². The van der Waals surface area contributed by atoms with Crippen molar-refractivity contribution < 1.29 is 18.3 Å². The van der Waals surface area contributed by atoms with Gasteiger partial charge >= 0.3 is 6.01 Å². The average molecular weight is 513 g/mol. The SMILES string of the molecule is COCn1cnc(CCNc2nc(Oc3ccc(F)cc3F)nc3n[nH]c(-c4ccccc4Cl)c23)n1. The van der Waals surface area contributed by atoms with Gasteiger partial charge in [-0.3, -0.25) is 5.10 Å². The van der Waals surface area contributed by atoms with Gasteiger partial charge < -0.3 is 14.8 Å². The number of fused-ring (bicyclic) bond motifs is 1. The fourth-order valence-electron chi connectivity index (χ4n) is 3.53. The molecule has 10 nitrogen and oxygen atoms in total. The lowest BCUT2D eigenvalue weighted by molar-refractivity contribution is 0.120. The summed E-state index contributed by atoms with van der Waals surface area (Å²) in [5, 5.41) is 15.9. The molecule has 184 valence electrons. The zero-order valence-corrected chi connectivity index (χ0v) is 19.6. The van der Waals surface area contributed by atoms with Gasteiger partial charge in [-0.15, -0.1) is 0 Å². The third-order valence-electron chi connectivity index (χ3n) is 5.12. The highest BCUT2D eigenvalue weighted by molar-refractivity contribution is 6.33. The monoisotopic (exact) mass is 512 g/mol. The molecular weight excluding hydrogens is 494 g/mol. The Morgan fingerprint density at radius 2 is 2.00 bits per heavy atom. The first kappa shape index (κ1) is 23.6. The Bertz CT molecular complexity index is 1520. The predicted molar refractivity (Wildman–Crippen MR) is 128 cm³/mol. The Labute approximate surface area is 208 Å². The zero-order chi connectivity index (χ0) is 25.1. The molecule has 13 heteroatoms. The van der Waals surface area contributed by atoms with E-state index >= 15 is 0 Å². The van der Waals surface area contributed by atoms with Gasteiger partial charge in [-0.25, -0.2) is 18.4 Å². The fourth-order valence-corrected chi connectivity index (χ4v) is 3.76. The van der Waals surface area contributed by atoms with E-state index in [0.29, 0.717) is 59.1 Å². The topological polar surface area (TPSA) is 116 Å². The van der Waals surface area contributed by atoms with E-state index in [2.05, 4.69) is 35.6 Å². The van der Waals surface area contributed by atoms with Crippen LogP contribution in [-0.4, -0.2) is 48.6 Å². The van der Waals surface area contributed by atoms with E-state index < -0.39 is 11.6 Å². The Morgan fingerprint density at radius 3 is 2.81 bits per heavy atom. The number of benzene rings is 2. The van der Waals surface area contributed by atoms with Crippen molar-refractivity contribution in [2.75, 3.05) is 19.0 Å². The number of anilines is 1. The van der Waals surface area contributed by atoms with Gasteiger partial charge in [0.15, 0.2) is 23.0 Å². The molecule has 0 fully saturated rings. The molecule has 0 unspecified atom stereocenters. The van der Waals surface area contributed by atoms with Gasteiger partial charge in [0.1, 0.15) is 24.7 Å². The first-order valence-corrected chi connectivity index (χ1v) is 11.1. The van der Waals surface area contributed by atoms with Crippen LogP contribution in [0.2, 0.25) is 5.02 Å². The Balaban J connectivity index is 1.49. The molecule has 0 radical (unpaired) electrons. The molecule has 0 bridgehead atoms. The molecule has 3 heterocycles. The molecule has 0 aliphatic carbocycles. The number of nitrogens with one attached hydrogen (secondary N) is 2. The number of nitrogens with zero attached hydrogens (tertiary/aromatic N) is 6. The molecule has 0 saturated carbocycles. The maximum Gasteiger partial charge on any atom is 0.326 e. The molecule has 0 spiro atoms. The maximum absolute atomic E-state index is 14.2. The fraction of sp³-hybridized carbons (Fsp3) is 0.174. The minimum atomic E-state index is -0.885. The summed E-state index contributed by atoms with van der Waals surface area (Å²) in [6, 6.07) is 10.0. The van der Waals surface area contributed by atoms with Crippen molar-refractivity contribution in [3.05, 3.63) is 71.3 Å². The molecule has 5 rings (SSSR count). The van der Waals surface area contributed by atoms with Gasteiger partial charge in [-0.2, -0.15) is 20.2 Å². The largest absolute Gasteiger partial charge is 0.421 e. The van der Waals surface area contributed by atoms with Crippen molar-refractivity contribution in [2.45, 2.75) is 13.2 Å². The summed E-state index contributed by atoms with van der Waals surface area (Å²) in [6.45, 7) is 0.699. The number of halogens is 3. The second-order valence-electron chi connectivity index (χ2n) is 7.60. The first-order chi connectivity index (χ1) is 17.5. The minimum Gasteiger partial charge on any atom is -0.421 e. The number of H-pyrrole nitrogens is 1. The number of ether oxygens (including phenoxy) is 2. The summed E-state index contributed by atoms with van der Waals surface area (Å²) in [5.74, 6) is -0.858. The molecule has 0 aliphatic rings. The molecule has 0 amide bonds. The van der Waals surface area contributed by atoms with Crippen LogP contribution >= 0.6 is 11.6 Å². The summed E-state index contributed by atoms with van der Waals surface area (Å²) in [6.07, 6.45) is 2.06. The zero-order valence-electron chi connectivity index (χ0n) is 18.9. The summed E-state index contributed by atoms with van der Waals surface area (Å²) in [5.41, 5.74) is 1.56. The summed E-state index contributed by atoms with van der Waals surface area (Å²) >= 11 is 6.41. The number of methoxy groups -OCH3 is 1. The van der Waals surface area contributed by atoms with E-state index in [-0.39, 0.29) is 17.4 Å². The number of hydrogen-bond acceptors (Lipinski definition) is 8. The van der Waals surface area contributed by atoms with Gasteiger partial charge in [0.05, 0.1) is 11.1 Å². The van der Waals surface area contributed by atoms with Crippen LogP contribution < -0.4 is 10.1 Å². The van der Waals surface area contributed by atoms with E-state index in [0.717, 1.165) is 12.1 Å². The number of hydrogen-bond donors (Lipinski definition) is 2. The van der Waals surface area contributed by atoms with Crippen molar-refractivity contribution in [3.8, 4) is 23.0 Å². The molecule has 3 aromatic heterocycles. The van der Waals surface area contributed by atoms with E-state index in [1.165, 1.54) is 0 Å². The van der Waals surface area contributed by atoms with Crippen molar-refractivity contribution in [3.63, 3.8) is 0 Å². The van der Waals surface area contributed by atoms with Crippen LogP contribution in [0.1, 0.15) is 5.82 Å². The second-order valence-corrected chi connectivity index (χ2v) is 8.01. The third-order valence-corrected chi connectivity index (χ3v) is 5.45. The van der Waals surface area contributed by atoms with Gasteiger partial charge in [0, 0.05) is 36.7 Å². The molecule has 36 heavy (non-hydrogen) atoms. The maximum atomic E-state index is 14.2. The van der Waals surface area contributed by atoms with E-state index in [1.807, 2.05) is 18.2 Å². The molecule has 0 saturated heterocycles. The van der Waals surface area contributed by atoms with Crippen molar-refractivity contribution in [1.82, 2.24) is 34.9 Å². The second kappa shape index (κ2) is 10.2. The number of aromatic amines is 1. The first-order valence-electron chi connectivity index (χ1n) is 10.8.